The molecule has 1 rings (SSSR count). The van der Waals surface area contributed by atoms with Crippen LogP contribution in [-0.4, -0.2) is 36.7 Å². The van der Waals surface area contributed by atoms with Crippen molar-refractivity contribution in [3.05, 3.63) is 12.2 Å². The molecule has 0 aromatic carbocycles. The predicted octanol–water partition coefficient (Wildman–Crippen LogP) is -0.0663. The van der Waals surface area contributed by atoms with E-state index in [1.165, 1.54) is 6.08 Å². The van der Waals surface area contributed by atoms with Gasteiger partial charge < -0.3 is 0 Å². The molecule has 70 valence electrons. The maximum absolute atomic E-state index is 11.1. The molecule has 13 heavy (non-hydrogen) atoms. The van der Waals surface area contributed by atoms with Crippen molar-refractivity contribution in [1.29, 1.82) is 0 Å². The van der Waals surface area contributed by atoms with Gasteiger partial charge in [-0.25, -0.2) is 10.1 Å². The molecule has 1 aliphatic heterocycles. The Labute approximate surface area is 75.6 Å². The normalized spacial score (nSPS) is 16.0. The van der Waals surface area contributed by atoms with E-state index in [4.69, 9.17) is 4.84 Å². The summed E-state index contributed by atoms with van der Waals surface area (Å²) in [5, 5.41) is 1.14. The van der Waals surface area contributed by atoms with Crippen molar-refractivity contribution < 1.29 is 14.4 Å². The molecular weight excluding hydrogens is 172 g/mol. The van der Waals surface area contributed by atoms with E-state index in [1.807, 2.05) is 0 Å². The Morgan fingerprint density at radius 3 is 3.15 bits per heavy atom. The van der Waals surface area contributed by atoms with Gasteiger partial charge in [0.2, 0.25) is 5.91 Å². The van der Waals surface area contributed by atoms with E-state index in [1.54, 1.807) is 6.08 Å². The lowest BCUT2D eigenvalue weighted by Gasteiger charge is -2.21. The molecule has 0 saturated heterocycles. The highest BCUT2D eigenvalue weighted by Crippen LogP contribution is 2.01. The molecule has 0 atom stereocenters. The number of carbonyl (C=O) groups excluding carboxylic acids is 2. The summed E-state index contributed by atoms with van der Waals surface area (Å²) in [6, 6.07) is 0. The molecule has 0 unspecified atom stereocenters. The van der Waals surface area contributed by atoms with Gasteiger partial charge in [0.05, 0.1) is 13.2 Å². The third-order valence-corrected chi connectivity index (χ3v) is 1.54. The number of aliphatic imine (C=N–C) groups is 1. The number of hydrogen-bond donors (Lipinski definition) is 0. The van der Waals surface area contributed by atoms with Gasteiger partial charge in [-0.3, -0.25) is 14.4 Å². The maximum atomic E-state index is 11.1. The molecular formula is C8H10N2O3. The molecule has 5 heteroatoms. The molecule has 1 aliphatic rings. The molecule has 0 saturated carbocycles. The third-order valence-electron chi connectivity index (χ3n) is 1.54. The molecule has 0 aliphatic carbocycles. The number of nitrogens with zero attached hydrogens (tertiary/aromatic N) is 2. The predicted molar refractivity (Wildman–Crippen MR) is 46.0 cm³/mol. The van der Waals surface area contributed by atoms with Crippen LogP contribution in [-0.2, 0) is 14.4 Å². The van der Waals surface area contributed by atoms with Gasteiger partial charge in [-0.1, -0.05) is 6.08 Å². The van der Waals surface area contributed by atoms with Crippen LogP contribution in [0.3, 0.4) is 0 Å². The van der Waals surface area contributed by atoms with Crippen LogP contribution in [0.25, 0.3) is 0 Å². The van der Waals surface area contributed by atoms with E-state index in [-0.39, 0.29) is 24.8 Å². The fraction of sp³-hybridized carbons (Fsp3) is 0.375. The van der Waals surface area contributed by atoms with E-state index in [9.17, 15) is 9.59 Å². The minimum atomic E-state index is -0.342. The van der Waals surface area contributed by atoms with Crippen molar-refractivity contribution in [2.24, 2.45) is 4.99 Å². The smallest absolute Gasteiger partial charge is 0.269 e. The SMILES string of the molecule is C=NC(=O)CCN1OCC=CC1=O. The van der Waals surface area contributed by atoms with Crippen molar-refractivity contribution in [2.75, 3.05) is 13.2 Å². The average Bonchev–Trinajstić information content (AvgIpc) is 2.16. The fourth-order valence-corrected chi connectivity index (χ4v) is 0.880. The number of hydroxylamine groups is 2. The molecule has 0 aromatic rings. The van der Waals surface area contributed by atoms with Crippen LogP contribution in [0.5, 0.6) is 0 Å². The second kappa shape index (κ2) is 4.51. The molecule has 0 N–H and O–H groups in total. The van der Waals surface area contributed by atoms with Gasteiger partial charge in [0.15, 0.2) is 0 Å². The largest absolute Gasteiger partial charge is 0.273 e. The first-order valence-electron chi connectivity index (χ1n) is 3.84. The Kier molecular flexibility index (Phi) is 3.33. The Bertz CT molecular complexity index is 260. The first-order valence-corrected chi connectivity index (χ1v) is 3.84. The molecule has 2 amide bonds. The molecule has 5 nitrogen and oxygen atoms in total. The average molecular weight is 182 g/mol. The summed E-state index contributed by atoms with van der Waals surface area (Å²) in [4.78, 5) is 29.9. The Balaban J connectivity index is 2.36. The van der Waals surface area contributed by atoms with Gasteiger partial charge in [0, 0.05) is 12.5 Å². The summed E-state index contributed by atoms with van der Waals surface area (Å²) in [5.74, 6) is -0.589. The maximum Gasteiger partial charge on any atom is 0.269 e. The molecule has 0 radical (unpaired) electrons. The van der Waals surface area contributed by atoms with E-state index in [0.717, 1.165) is 5.06 Å². The van der Waals surface area contributed by atoms with Gasteiger partial charge in [0.25, 0.3) is 5.91 Å². The summed E-state index contributed by atoms with van der Waals surface area (Å²) < 4.78 is 0. The van der Waals surface area contributed by atoms with Crippen LogP contribution in [0.1, 0.15) is 6.42 Å². The first kappa shape index (κ1) is 9.60. The standard InChI is InChI=1S/C8H10N2O3/c1-9-7(11)4-5-10-8(12)3-2-6-13-10/h2-3H,1,4-6H2. The second-order valence-corrected chi connectivity index (χ2v) is 2.44. The lowest BCUT2D eigenvalue weighted by molar-refractivity contribution is -0.180. The van der Waals surface area contributed by atoms with Crippen LogP contribution in [0.2, 0.25) is 0 Å². The van der Waals surface area contributed by atoms with E-state index in [2.05, 4.69) is 11.7 Å². The van der Waals surface area contributed by atoms with E-state index < -0.39 is 0 Å². The number of amides is 2. The van der Waals surface area contributed by atoms with Crippen LogP contribution < -0.4 is 0 Å². The van der Waals surface area contributed by atoms with Crippen molar-refractivity contribution in [2.45, 2.75) is 6.42 Å². The summed E-state index contributed by atoms with van der Waals surface area (Å²) in [7, 11) is 0. The lowest BCUT2D eigenvalue weighted by atomic mass is 10.3. The number of rotatable bonds is 3. The van der Waals surface area contributed by atoms with Crippen molar-refractivity contribution in [1.82, 2.24) is 5.06 Å². The molecule has 0 aromatic heterocycles. The highest BCUT2D eigenvalue weighted by Gasteiger charge is 2.15. The first-order chi connectivity index (χ1) is 6.24. The summed E-state index contributed by atoms with van der Waals surface area (Å²) in [6.45, 7) is 3.67. The number of hydrogen-bond acceptors (Lipinski definition) is 3. The van der Waals surface area contributed by atoms with Gasteiger partial charge in [-0.2, -0.15) is 0 Å². The highest BCUT2D eigenvalue weighted by molar-refractivity contribution is 5.88. The van der Waals surface area contributed by atoms with E-state index >= 15 is 0 Å². The monoisotopic (exact) mass is 182 g/mol. The molecule has 1 heterocycles. The minimum absolute atomic E-state index is 0.142. The fourth-order valence-electron chi connectivity index (χ4n) is 0.880. The highest BCUT2D eigenvalue weighted by atomic mass is 16.7. The quantitative estimate of drug-likeness (QED) is 0.574. The third kappa shape index (κ3) is 2.79. The zero-order chi connectivity index (χ0) is 9.68. The van der Waals surface area contributed by atoms with Crippen LogP contribution >= 0.6 is 0 Å². The molecule has 0 spiro atoms. The van der Waals surface area contributed by atoms with Crippen molar-refractivity contribution in [3.63, 3.8) is 0 Å². The summed E-state index contributed by atoms with van der Waals surface area (Å²) in [6.07, 6.45) is 3.17. The van der Waals surface area contributed by atoms with Crippen molar-refractivity contribution in [3.8, 4) is 0 Å². The molecule has 0 bridgehead atoms. The summed E-state index contributed by atoms with van der Waals surface area (Å²) >= 11 is 0. The van der Waals surface area contributed by atoms with Crippen molar-refractivity contribution >= 4 is 18.5 Å². The van der Waals surface area contributed by atoms with Gasteiger partial charge >= 0.3 is 0 Å². The lowest BCUT2D eigenvalue weighted by Crippen LogP contribution is -2.34. The second-order valence-electron chi connectivity index (χ2n) is 2.44. The molecule has 0 fully saturated rings. The van der Waals surface area contributed by atoms with Crippen LogP contribution in [0.15, 0.2) is 17.1 Å². The van der Waals surface area contributed by atoms with Gasteiger partial charge in [-0.15, -0.1) is 0 Å². The zero-order valence-electron chi connectivity index (χ0n) is 7.10. The Morgan fingerprint density at radius 2 is 2.54 bits per heavy atom. The number of carbonyl (C=O) groups is 2. The topological polar surface area (TPSA) is 59.0 Å². The summed E-state index contributed by atoms with van der Waals surface area (Å²) in [5.41, 5.74) is 0. The Morgan fingerprint density at radius 1 is 1.77 bits per heavy atom. The van der Waals surface area contributed by atoms with E-state index in [0.29, 0.717) is 6.61 Å². The Hall–Kier alpha value is -1.49. The minimum Gasteiger partial charge on any atom is -0.273 e. The zero-order valence-corrected chi connectivity index (χ0v) is 7.10. The van der Waals surface area contributed by atoms with Crippen LogP contribution in [0.4, 0.5) is 0 Å². The van der Waals surface area contributed by atoms with Crippen LogP contribution in [0, 0.1) is 0 Å². The van der Waals surface area contributed by atoms with Gasteiger partial charge in [0.1, 0.15) is 0 Å². The van der Waals surface area contributed by atoms with Gasteiger partial charge in [-0.05, 0) is 6.72 Å².